The number of anilines is 2. The van der Waals surface area contributed by atoms with E-state index in [1.165, 1.54) is 18.3 Å². The molecule has 0 atom stereocenters. The van der Waals surface area contributed by atoms with Gasteiger partial charge >= 0.3 is 12.1 Å². The van der Waals surface area contributed by atoms with Crippen molar-refractivity contribution in [3.8, 4) is 11.4 Å². The van der Waals surface area contributed by atoms with Gasteiger partial charge in [0.25, 0.3) is 0 Å². The third-order valence-electron chi connectivity index (χ3n) is 6.12. The van der Waals surface area contributed by atoms with Gasteiger partial charge in [-0.2, -0.15) is 5.10 Å². The Balaban J connectivity index is 1.49. The number of pyridine rings is 1. The summed E-state index contributed by atoms with van der Waals surface area (Å²) in [6.45, 7) is 4.46. The number of carboxylic acid groups (broad SMARTS) is 1. The van der Waals surface area contributed by atoms with E-state index in [0.717, 1.165) is 25.7 Å². The maximum Gasteiger partial charge on any atom is 0.410 e. The van der Waals surface area contributed by atoms with Gasteiger partial charge in [-0.3, -0.25) is 5.32 Å². The average Bonchev–Trinajstić information content (AvgIpc) is 3.46. The van der Waals surface area contributed by atoms with Crippen LogP contribution in [-0.4, -0.2) is 54.5 Å². The molecule has 1 fully saturated rings. The number of nitrogens with one attached hydrogen (secondary N) is 2. The van der Waals surface area contributed by atoms with Gasteiger partial charge in [-0.05, 0) is 62.6 Å². The van der Waals surface area contributed by atoms with Crippen LogP contribution in [0.1, 0.15) is 37.1 Å². The van der Waals surface area contributed by atoms with Crippen molar-refractivity contribution in [2.45, 2.75) is 52.1 Å². The summed E-state index contributed by atoms with van der Waals surface area (Å²) in [4.78, 5) is 34.4. The number of benzene rings is 1. The molecule has 1 aromatic carbocycles. The van der Waals surface area contributed by atoms with Crippen molar-refractivity contribution in [1.29, 1.82) is 0 Å². The van der Waals surface area contributed by atoms with Crippen LogP contribution in [-0.2, 0) is 6.54 Å². The first-order valence-corrected chi connectivity index (χ1v) is 11.5. The molecule has 0 aliphatic heterocycles. The molecule has 1 saturated carbocycles. The maximum absolute atomic E-state index is 13.5. The number of urea groups is 1. The largest absolute Gasteiger partial charge is 0.465 e. The molecular weight excluding hydrogens is 453 g/mol. The highest BCUT2D eigenvalue weighted by Crippen LogP contribution is 2.25. The average molecular weight is 482 g/mol. The van der Waals surface area contributed by atoms with Crippen molar-refractivity contribution in [3.63, 3.8) is 0 Å². The Hall–Kier alpha value is -4.02. The third-order valence-corrected chi connectivity index (χ3v) is 6.12. The summed E-state index contributed by atoms with van der Waals surface area (Å²) in [6, 6.07) is 7.48. The lowest BCUT2D eigenvalue weighted by atomic mass is 10.2. The van der Waals surface area contributed by atoms with E-state index >= 15 is 0 Å². The van der Waals surface area contributed by atoms with Gasteiger partial charge in [0.2, 0.25) is 0 Å². The predicted octanol–water partition coefficient (Wildman–Crippen LogP) is 4.66. The third kappa shape index (κ3) is 5.92. The summed E-state index contributed by atoms with van der Waals surface area (Å²) in [5.74, 6) is 0.956. The monoisotopic (exact) mass is 481 g/mol. The van der Waals surface area contributed by atoms with Gasteiger partial charge in [0.15, 0.2) is 5.82 Å². The highest BCUT2D eigenvalue weighted by Gasteiger charge is 2.27. The number of aryl methyl sites for hydroxylation is 2. The van der Waals surface area contributed by atoms with Crippen molar-refractivity contribution in [1.82, 2.24) is 24.6 Å². The predicted molar refractivity (Wildman–Crippen MR) is 129 cm³/mol. The number of hydrogen-bond acceptors (Lipinski definition) is 5. The molecule has 0 bridgehead atoms. The first kappa shape index (κ1) is 24.1. The SMILES string of the molecule is Cc1cc(F)ccc1NC(=O)N(CCn1nc(-c2ccnc(NC(=O)O)c2)nc1C)C1CCCC1. The van der Waals surface area contributed by atoms with E-state index in [2.05, 4.69) is 25.7 Å². The lowest BCUT2D eigenvalue weighted by Gasteiger charge is -2.29. The van der Waals surface area contributed by atoms with Crippen molar-refractivity contribution >= 4 is 23.6 Å². The molecule has 0 radical (unpaired) electrons. The van der Waals surface area contributed by atoms with Gasteiger partial charge in [0.1, 0.15) is 17.5 Å². The second kappa shape index (κ2) is 10.5. The van der Waals surface area contributed by atoms with E-state index < -0.39 is 6.09 Å². The van der Waals surface area contributed by atoms with Gasteiger partial charge in [-0.1, -0.05) is 12.8 Å². The van der Waals surface area contributed by atoms with Crippen LogP contribution in [0, 0.1) is 19.7 Å². The molecule has 2 aromatic heterocycles. The van der Waals surface area contributed by atoms with Crippen LogP contribution in [0.2, 0.25) is 0 Å². The summed E-state index contributed by atoms with van der Waals surface area (Å²) < 4.78 is 15.2. The minimum Gasteiger partial charge on any atom is -0.465 e. The zero-order valence-electron chi connectivity index (χ0n) is 19.7. The molecule has 1 aliphatic carbocycles. The first-order valence-electron chi connectivity index (χ1n) is 11.5. The minimum atomic E-state index is -1.20. The topological polar surface area (TPSA) is 125 Å². The zero-order chi connectivity index (χ0) is 24.9. The van der Waals surface area contributed by atoms with Gasteiger partial charge in [-0.25, -0.2) is 28.6 Å². The summed E-state index contributed by atoms with van der Waals surface area (Å²) in [6.07, 6.45) is 4.31. The van der Waals surface area contributed by atoms with E-state index in [9.17, 15) is 14.0 Å². The molecule has 3 amide bonds. The number of carbonyl (C=O) groups excluding carboxylic acids is 1. The van der Waals surface area contributed by atoms with Crippen molar-refractivity contribution in [2.75, 3.05) is 17.2 Å². The van der Waals surface area contributed by atoms with Crippen LogP contribution in [0.3, 0.4) is 0 Å². The second-order valence-corrected chi connectivity index (χ2v) is 8.59. The zero-order valence-corrected chi connectivity index (χ0v) is 19.7. The number of nitrogens with zero attached hydrogens (tertiary/aromatic N) is 5. The van der Waals surface area contributed by atoms with Crippen LogP contribution in [0.15, 0.2) is 36.5 Å². The van der Waals surface area contributed by atoms with Crippen LogP contribution < -0.4 is 10.6 Å². The molecule has 0 saturated heterocycles. The molecule has 0 spiro atoms. The van der Waals surface area contributed by atoms with Gasteiger partial charge in [0.05, 0.1) is 6.54 Å². The molecule has 3 aromatic rings. The molecule has 10 nitrogen and oxygen atoms in total. The van der Waals surface area contributed by atoms with E-state index in [1.807, 2.05) is 11.8 Å². The van der Waals surface area contributed by atoms with Crippen LogP contribution in [0.4, 0.5) is 25.5 Å². The Bertz CT molecular complexity index is 1220. The molecule has 2 heterocycles. The number of carbonyl (C=O) groups is 2. The maximum atomic E-state index is 13.5. The fourth-order valence-electron chi connectivity index (χ4n) is 4.32. The standard InChI is InChI=1S/C24H28FN7O3/c1-15-13-18(25)7-8-20(15)28-23(33)31(19-5-3-4-6-19)11-12-32-16(2)27-22(30-32)17-9-10-26-21(14-17)29-24(34)35/h7-10,13-14,19H,3-6,11-12H2,1-2H3,(H,26,29)(H,28,33)(H,34,35). The molecule has 11 heteroatoms. The number of amides is 3. The lowest BCUT2D eigenvalue weighted by molar-refractivity contribution is 0.184. The normalized spacial score (nSPS) is 13.6. The van der Waals surface area contributed by atoms with Gasteiger partial charge < -0.3 is 15.3 Å². The van der Waals surface area contributed by atoms with Crippen LogP contribution in [0.25, 0.3) is 11.4 Å². The summed E-state index contributed by atoms with van der Waals surface area (Å²) in [5.41, 5.74) is 1.88. The lowest BCUT2D eigenvalue weighted by Crippen LogP contribution is -2.43. The number of aromatic nitrogens is 4. The Morgan fingerprint density at radius 3 is 2.66 bits per heavy atom. The molecule has 3 N–H and O–H groups in total. The molecule has 1 aliphatic rings. The second-order valence-electron chi connectivity index (χ2n) is 8.59. The molecular formula is C24H28FN7O3. The fraction of sp³-hybridized carbons (Fsp3) is 0.375. The quantitative estimate of drug-likeness (QED) is 0.451. The molecule has 184 valence electrons. The molecule has 4 rings (SSSR count). The number of rotatable bonds is 7. The van der Waals surface area contributed by atoms with Crippen molar-refractivity contribution in [3.05, 3.63) is 53.7 Å². The van der Waals surface area contributed by atoms with Crippen LogP contribution >= 0.6 is 0 Å². The molecule has 0 unspecified atom stereocenters. The smallest absolute Gasteiger partial charge is 0.410 e. The Kier molecular flexibility index (Phi) is 7.23. The summed E-state index contributed by atoms with van der Waals surface area (Å²) in [5, 5.41) is 18.6. The van der Waals surface area contributed by atoms with Crippen molar-refractivity contribution < 1.29 is 19.1 Å². The van der Waals surface area contributed by atoms with Gasteiger partial charge in [0, 0.05) is 30.0 Å². The highest BCUT2D eigenvalue weighted by molar-refractivity contribution is 5.90. The van der Waals surface area contributed by atoms with Gasteiger partial charge in [-0.15, -0.1) is 0 Å². The van der Waals surface area contributed by atoms with E-state index in [-0.39, 0.29) is 23.7 Å². The fourth-order valence-corrected chi connectivity index (χ4v) is 4.32. The Morgan fingerprint density at radius 2 is 1.94 bits per heavy atom. The van der Waals surface area contributed by atoms with E-state index in [4.69, 9.17) is 5.11 Å². The summed E-state index contributed by atoms with van der Waals surface area (Å²) >= 11 is 0. The minimum absolute atomic E-state index is 0.129. The Labute approximate surface area is 202 Å². The van der Waals surface area contributed by atoms with Crippen molar-refractivity contribution in [2.24, 2.45) is 0 Å². The van der Waals surface area contributed by atoms with Crippen LogP contribution in [0.5, 0.6) is 0 Å². The first-order chi connectivity index (χ1) is 16.8. The van der Waals surface area contributed by atoms with E-state index in [1.54, 1.807) is 29.8 Å². The number of halogens is 1. The molecule has 35 heavy (non-hydrogen) atoms. The Morgan fingerprint density at radius 1 is 1.17 bits per heavy atom. The number of hydrogen-bond donors (Lipinski definition) is 3. The van der Waals surface area contributed by atoms with E-state index in [0.29, 0.717) is 41.6 Å². The summed E-state index contributed by atoms with van der Waals surface area (Å²) in [7, 11) is 0. The highest BCUT2D eigenvalue weighted by atomic mass is 19.1.